The molecule has 0 aliphatic carbocycles. The molecule has 4 atom stereocenters. The van der Waals surface area contributed by atoms with Crippen LogP contribution < -0.4 is 0 Å². The molecule has 0 aromatic rings. The van der Waals surface area contributed by atoms with Crippen molar-refractivity contribution in [2.45, 2.75) is 26.1 Å². The van der Waals surface area contributed by atoms with Gasteiger partial charge >= 0.3 is 0 Å². The van der Waals surface area contributed by atoms with Crippen LogP contribution in [0.25, 0.3) is 0 Å². The summed E-state index contributed by atoms with van der Waals surface area (Å²) in [5.41, 5.74) is 0. The molecule has 0 heterocycles. The van der Waals surface area contributed by atoms with Gasteiger partial charge in [-0.3, -0.25) is 0 Å². The molecular formula is C4H13O2P3. The van der Waals surface area contributed by atoms with Gasteiger partial charge in [-0.25, -0.2) is 0 Å². The minimum Gasteiger partial charge on any atom is -0.336 e. The lowest BCUT2D eigenvalue weighted by atomic mass is 10.3. The van der Waals surface area contributed by atoms with Gasteiger partial charge in [0.1, 0.15) is 0 Å². The average Bonchev–Trinajstić information content (AvgIpc) is 1.88. The van der Waals surface area contributed by atoms with Crippen LogP contribution >= 0.6 is 26.9 Å². The van der Waals surface area contributed by atoms with Gasteiger partial charge in [0, 0.05) is 18.0 Å². The summed E-state index contributed by atoms with van der Waals surface area (Å²) >= 11 is 0. The highest BCUT2D eigenvalue weighted by atomic mass is 32.0. The number of rotatable bonds is 5. The Hall–Kier alpha value is 1.21. The molecule has 56 valence electrons. The average molecular weight is 186 g/mol. The van der Waals surface area contributed by atoms with Gasteiger partial charge < -0.3 is 9.05 Å². The van der Waals surface area contributed by atoms with Crippen molar-refractivity contribution in [1.29, 1.82) is 0 Å². The minimum absolute atomic E-state index is 0.0316. The summed E-state index contributed by atoms with van der Waals surface area (Å²) in [6, 6.07) is 0. The van der Waals surface area contributed by atoms with E-state index in [9.17, 15) is 0 Å². The van der Waals surface area contributed by atoms with Gasteiger partial charge in [-0.15, -0.1) is 0 Å². The van der Waals surface area contributed by atoms with E-state index < -0.39 is 0 Å². The van der Waals surface area contributed by atoms with Gasteiger partial charge in [0.25, 0.3) is 0 Å². The van der Waals surface area contributed by atoms with Crippen LogP contribution in [0.4, 0.5) is 0 Å². The van der Waals surface area contributed by atoms with E-state index in [1.54, 1.807) is 0 Å². The molecule has 2 nitrogen and oxygen atoms in total. The Kier molecular flexibility index (Phi) is 8.30. The highest BCUT2D eigenvalue weighted by molar-refractivity contribution is 8.00. The van der Waals surface area contributed by atoms with Gasteiger partial charge in [0.15, 0.2) is 6.29 Å². The van der Waals surface area contributed by atoms with Gasteiger partial charge in [-0.05, 0) is 6.42 Å². The Morgan fingerprint density at radius 1 is 1.67 bits per heavy atom. The molecule has 0 radical (unpaired) electrons. The number of hydrogen-bond acceptors (Lipinski definition) is 2. The molecule has 0 aliphatic rings. The summed E-state index contributed by atoms with van der Waals surface area (Å²) in [5, 5.41) is 0. The largest absolute Gasteiger partial charge is 0.336 e. The number of hydrogen-bond donors (Lipinski definition) is 0. The van der Waals surface area contributed by atoms with E-state index in [1.807, 2.05) is 0 Å². The first kappa shape index (κ1) is 10.2. The molecule has 0 bridgehead atoms. The SMILES string of the molecule is CCCC(OP)OPP. The van der Waals surface area contributed by atoms with E-state index >= 15 is 0 Å². The van der Waals surface area contributed by atoms with Crippen molar-refractivity contribution in [2.75, 3.05) is 0 Å². The summed E-state index contributed by atoms with van der Waals surface area (Å²) in [4.78, 5) is 0. The first-order valence-electron chi connectivity index (χ1n) is 2.82. The Labute approximate surface area is 62.7 Å². The maximum absolute atomic E-state index is 5.18. The van der Waals surface area contributed by atoms with Crippen LogP contribution in [0.15, 0.2) is 0 Å². The van der Waals surface area contributed by atoms with Crippen LogP contribution in [0, 0.1) is 0 Å². The molecule has 0 aromatic heterocycles. The fourth-order valence-corrected chi connectivity index (χ4v) is 1.55. The third-order valence-electron chi connectivity index (χ3n) is 0.876. The van der Waals surface area contributed by atoms with E-state index in [0.717, 1.165) is 12.8 Å². The van der Waals surface area contributed by atoms with E-state index in [0.29, 0.717) is 8.50 Å². The molecule has 5 heteroatoms. The lowest BCUT2D eigenvalue weighted by Gasteiger charge is -2.12. The molecule has 0 spiro atoms. The Morgan fingerprint density at radius 2 is 2.33 bits per heavy atom. The first-order valence-corrected chi connectivity index (χ1v) is 6.00. The third-order valence-corrected chi connectivity index (χ3v) is 1.99. The molecule has 9 heavy (non-hydrogen) atoms. The van der Waals surface area contributed by atoms with E-state index in [1.165, 1.54) is 0 Å². The van der Waals surface area contributed by atoms with Crippen LogP contribution in [0.2, 0.25) is 0 Å². The summed E-state index contributed by atoms with van der Waals surface area (Å²) < 4.78 is 10.1. The van der Waals surface area contributed by atoms with Gasteiger partial charge in [0.2, 0.25) is 0 Å². The van der Waals surface area contributed by atoms with Gasteiger partial charge in [-0.1, -0.05) is 22.3 Å². The van der Waals surface area contributed by atoms with E-state index in [2.05, 4.69) is 25.3 Å². The molecule has 0 aliphatic heterocycles. The van der Waals surface area contributed by atoms with E-state index in [4.69, 9.17) is 9.05 Å². The normalized spacial score (nSPS) is 15.0. The Balaban J connectivity index is 3.18. The maximum atomic E-state index is 5.18. The lowest BCUT2D eigenvalue weighted by molar-refractivity contribution is 0.0302. The molecule has 0 saturated carbocycles. The lowest BCUT2D eigenvalue weighted by Crippen LogP contribution is -2.05. The molecule has 0 aromatic carbocycles. The molecule has 0 amide bonds. The van der Waals surface area contributed by atoms with Crippen molar-refractivity contribution in [3.8, 4) is 0 Å². The molecule has 0 saturated heterocycles. The molecule has 0 rings (SSSR count). The van der Waals surface area contributed by atoms with E-state index in [-0.39, 0.29) is 6.29 Å². The standard InChI is InChI=1S/C4H13O2P3/c1-2-3-4(5-7)6-9-8/h4,9H,2-3,7-8H2,1H3. The summed E-state index contributed by atoms with van der Waals surface area (Å²) in [6.07, 6.45) is 2.02. The van der Waals surface area contributed by atoms with Crippen LogP contribution in [-0.2, 0) is 9.05 Å². The zero-order valence-corrected chi connectivity index (χ0v) is 8.77. The van der Waals surface area contributed by atoms with Crippen molar-refractivity contribution in [3.05, 3.63) is 0 Å². The molecule has 4 unspecified atom stereocenters. The zero-order valence-electron chi connectivity index (χ0n) is 5.46. The first-order chi connectivity index (χ1) is 4.35. The van der Waals surface area contributed by atoms with Gasteiger partial charge in [0.05, 0.1) is 0 Å². The molecule has 0 N–H and O–H groups in total. The van der Waals surface area contributed by atoms with Crippen molar-refractivity contribution in [2.24, 2.45) is 0 Å². The fraction of sp³-hybridized carbons (Fsp3) is 1.00. The van der Waals surface area contributed by atoms with Crippen LogP contribution in [-0.4, -0.2) is 6.29 Å². The third kappa shape index (κ3) is 5.64. The summed E-state index contributed by atoms with van der Waals surface area (Å²) in [6.45, 7) is 2.10. The van der Waals surface area contributed by atoms with Crippen molar-refractivity contribution in [3.63, 3.8) is 0 Å². The topological polar surface area (TPSA) is 18.5 Å². The molecule has 0 fully saturated rings. The summed E-state index contributed by atoms with van der Waals surface area (Å²) in [5.74, 6) is 0. The second kappa shape index (κ2) is 7.32. The van der Waals surface area contributed by atoms with Crippen molar-refractivity contribution in [1.82, 2.24) is 0 Å². The predicted octanol–water partition coefficient (Wildman–Crippen LogP) is 2.32. The molecular weight excluding hydrogens is 173 g/mol. The Bertz CT molecular complexity index is 55.8. The quantitative estimate of drug-likeness (QED) is 0.484. The van der Waals surface area contributed by atoms with Crippen molar-refractivity contribution < 1.29 is 9.05 Å². The Morgan fingerprint density at radius 3 is 2.67 bits per heavy atom. The maximum Gasteiger partial charge on any atom is 0.164 e. The highest BCUT2D eigenvalue weighted by Gasteiger charge is 2.02. The zero-order chi connectivity index (χ0) is 7.11. The predicted molar refractivity (Wildman–Crippen MR) is 48.6 cm³/mol. The second-order valence-corrected chi connectivity index (χ2v) is 3.04. The van der Waals surface area contributed by atoms with Crippen LogP contribution in [0.5, 0.6) is 0 Å². The summed E-state index contributed by atoms with van der Waals surface area (Å²) in [7, 11) is 5.16. The smallest absolute Gasteiger partial charge is 0.164 e. The highest BCUT2D eigenvalue weighted by Crippen LogP contribution is 2.26. The second-order valence-electron chi connectivity index (χ2n) is 1.59. The van der Waals surface area contributed by atoms with Gasteiger partial charge in [-0.2, -0.15) is 0 Å². The fourth-order valence-electron chi connectivity index (χ4n) is 0.466. The monoisotopic (exact) mass is 186 g/mol. The minimum atomic E-state index is -0.0316. The van der Waals surface area contributed by atoms with Crippen LogP contribution in [0.3, 0.4) is 0 Å². The van der Waals surface area contributed by atoms with Crippen LogP contribution in [0.1, 0.15) is 19.8 Å². The van der Waals surface area contributed by atoms with Crippen molar-refractivity contribution >= 4 is 26.9 Å².